The Morgan fingerprint density at radius 2 is 2.10 bits per heavy atom. The van der Waals surface area contributed by atoms with Gasteiger partial charge in [-0.15, -0.1) is 0 Å². The van der Waals surface area contributed by atoms with Gasteiger partial charge in [-0.3, -0.25) is 4.39 Å². The highest BCUT2D eigenvalue weighted by atomic mass is 35.5. The first kappa shape index (κ1) is 22.2. The third kappa shape index (κ3) is 5.15. The fourth-order valence-electron chi connectivity index (χ4n) is 2.39. The van der Waals surface area contributed by atoms with E-state index in [2.05, 4.69) is 15.4 Å². The van der Waals surface area contributed by atoms with Crippen molar-refractivity contribution in [2.45, 2.75) is 26.0 Å². The van der Waals surface area contributed by atoms with E-state index in [4.69, 9.17) is 26.2 Å². The Balaban J connectivity index is 1.84. The molecular formula is C18H16ClF2N5O5. The summed E-state index contributed by atoms with van der Waals surface area (Å²) >= 11 is 6.04. The monoisotopic (exact) mass is 455 g/mol. The summed E-state index contributed by atoms with van der Waals surface area (Å²) in [5, 5.41) is 16.0. The number of carbonyl (C=O) groups is 1. The molecule has 0 amide bonds. The number of carboxylic acid groups (broad SMARTS) is 1. The molecule has 164 valence electrons. The van der Waals surface area contributed by atoms with E-state index in [1.54, 1.807) is 0 Å². The lowest BCUT2D eigenvalue weighted by atomic mass is 10.3. The first-order valence-electron chi connectivity index (χ1n) is 8.91. The number of tetrazole rings is 1. The van der Waals surface area contributed by atoms with Crippen LogP contribution >= 0.6 is 11.6 Å². The fraction of sp³-hybridized carbons (Fsp3) is 0.278. The maximum absolute atomic E-state index is 14.4. The van der Waals surface area contributed by atoms with E-state index in [-0.39, 0.29) is 41.1 Å². The number of aryl methyl sites for hydroxylation is 1. The minimum atomic E-state index is -1.15. The number of aromatic nitrogens is 5. The largest absolute Gasteiger partial charge is 0.479 e. The van der Waals surface area contributed by atoms with Gasteiger partial charge < -0.3 is 14.6 Å². The van der Waals surface area contributed by atoms with Crippen LogP contribution in [0, 0.1) is 5.82 Å². The second-order valence-corrected chi connectivity index (χ2v) is 6.61. The van der Waals surface area contributed by atoms with E-state index >= 15 is 0 Å². The molecule has 3 aromatic rings. The maximum atomic E-state index is 14.4. The molecule has 2 heterocycles. The third-order valence-electron chi connectivity index (χ3n) is 3.95. The number of aliphatic carboxylic acids is 1. The minimum absolute atomic E-state index is 0.00218. The van der Waals surface area contributed by atoms with Crippen LogP contribution in [0.4, 0.5) is 8.78 Å². The molecule has 0 radical (unpaired) electrons. The average molecular weight is 456 g/mol. The van der Waals surface area contributed by atoms with E-state index in [0.717, 1.165) is 16.8 Å². The zero-order valence-corrected chi connectivity index (χ0v) is 16.8. The molecule has 1 unspecified atom stereocenters. The van der Waals surface area contributed by atoms with Crippen molar-refractivity contribution < 1.29 is 28.2 Å². The van der Waals surface area contributed by atoms with Gasteiger partial charge in [-0.1, -0.05) is 11.6 Å². The Bertz CT molecular complexity index is 1140. The number of halogens is 3. The van der Waals surface area contributed by atoms with Gasteiger partial charge in [0.2, 0.25) is 5.88 Å². The Morgan fingerprint density at radius 1 is 1.32 bits per heavy atom. The smallest absolute Gasteiger partial charge is 0.368 e. The second-order valence-electron chi connectivity index (χ2n) is 6.21. The number of pyridine rings is 1. The Kier molecular flexibility index (Phi) is 6.80. The van der Waals surface area contributed by atoms with Crippen molar-refractivity contribution >= 4 is 17.6 Å². The highest BCUT2D eigenvalue weighted by molar-refractivity contribution is 6.32. The van der Waals surface area contributed by atoms with Crippen molar-refractivity contribution in [1.82, 2.24) is 24.8 Å². The summed E-state index contributed by atoms with van der Waals surface area (Å²) in [6.07, 6.45) is 0.224. The quantitative estimate of drug-likeness (QED) is 0.522. The highest BCUT2D eigenvalue weighted by Crippen LogP contribution is 2.33. The lowest BCUT2D eigenvalue weighted by Gasteiger charge is -2.12. The van der Waals surface area contributed by atoms with Gasteiger partial charge in [0.05, 0.1) is 24.4 Å². The lowest BCUT2D eigenvalue weighted by Crippen LogP contribution is -2.25. The molecular weight excluding hydrogens is 440 g/mol. The second kappa shape index (κ2) is 9.51. The molecule has 0 saturated heterocycles. The summed E-state index contributed by atoms with van der Waals surface area (Å²) in [5.74, 6) is -1.75. The summed E-state index contributed by atoms with van der Waals surface area (Å²) in [7, 11) is 0. The predicted molar refractivity (Wildman–Crippen MR) is 103 cm³/mol. The zero-order chi connectivity index (χ0) is 22.5. The third-order valence-corrected chi connectivity index (χ3v) is 4.25. The van der Waals surface area contributed by atoms with Crippen molar-refractivity contribution in [3.8, 4) is 23.1 Å². The van der Waals surface area contributed by atoms with Gasteiger partial charge in [0.1, 0.15) is 17.2 Å². The van der Waals surface area contributed by atoms with Gasteiger partial charge in [-0.05, 0) is 35.9 Å². The molecule has 0 saturated carbocycles. The molecule has 10 nitrogen and oxygen atoms in total. The fourth-order valence-corrected chi connectivity index (χ4v) is 2.58. The van der Waals surface area contributed by atoms with Gasteiger partial charge >= 0.3 is 11.7 Å². The summed E-state index contributed by atoms with van der Waals surface area (Å²) in [6.45, 7) is 0.706. The van der Waals surface area contributed by atoms with E-state index in [1.807, 2.05) is 0 Å². The molecule has 1 N–H and O–H groups in total. The summed E-state index contributed by atoms with van der Waals surface area (Å²) < 4.78 is 39.1. The topological polar surface area (TPSA) is 121 Å². The maximum Gasteiger partial charge on any atom is 0.368 e. The molecule has 0 fully saturated rings. The molecule has 3 rings (SSSR count). The highest BCUT2D eigenvalue weighted by Gasteiger charge is 2.18. The number of rotatable bonds is 9. The van der Waals surface area contributed by atoms with Crippen LogP contribution in [0.2, 0.25) is 5.02 Å². The van der Waals surface area contributed by atoms with Gasteiger partial charge in [-0.2, -0.15) is 9.36 Å². The SMILES string of the molecule is CC(Oc1ccc(Oc2cc(-n3nnn(CCCF)c3=O)c(F)cc2Cl)cn1)C(=O)O. The average Bonchev–Trinajstić information content (AvgIpc) is 3.09. The number of hydrogen-bond acceptors (Lipinski definition) is 7. The van der Waals surface area contributed by atoms with Crippen LogP contribution < -0.4 is 15.2 Å². The zero-order valence-electron chi connectivity index (χ0n) is 16.0. The minimum Gasteiger partial charge on any atom is -0.479 e. The van der Waals surface area contributed by atoms with E-state index < -0.39 is 30.3 Å². The standard InChI is InChI=1S/C18H16ClF2N5O5/c1-10(17(27)28)30-16-4-3-11(9-22-16)31-15-8-14(13(21)7-12(15)19)26-18(29)25(23-24-26)6-2-5-20/h3-4,7-10H,2,5-6H2,1H3,(H,27,28). The van der Waals surface area contributed by atoms with Crippen LogP contribution in [-0.2, 0) is 11.3 Å². The van der Waals surface area contributed by atoms with E-state index in [0.29, 0.717) is 4.68 Å². The first-order valence-corrected chi connectivity index (χ1v) is 9.29. The summed E-state index contributed by atoms with van der Waals surface area (Å²) in [6, 6.07) is 4.92. The van der Waals surface area contributed by atoms with Crippen molar-refractivity contribution in [2.24, 2.45) is 0 Å². The number of ether oxygens (including phenoxy) is 2. The number of benzene rings is 1. The summed E-state index contributed by atoms with van der Waals surface area (Å²) in [4.78, 5) is 27.1. The molecule has 0 aliphatic rings. The van der Waals surface area contributed by atoms with Crippen LogP contribution in [-0.4, -0.2) is 48.6 Å². The van der Waals surface area contributed by atoms with Crippen molar-refractivity contribution in [2.75, 3.05) is 6.67 Å². The molecule has 0 bridgehead atoms. The van der Waals surface area contributed by atoms with Gasteiger partial charge in [0.15, 0.2) is 11.9 Å². The van der Waals surface area contributed by atoms with Crippen molar-refractivity contribution in [3.63, 3.8) is 0 Å². The van der Waals surface area contributed by atoms with E-state index in [1.165, 1.54) is 25.3 Å². The first-order chi connectivity index (χ1) is 14.8. The van der Waals surface area contributed by atoms with Crippen molar-refractivity contribution in [3.05, 3.63) is 51.8 Å². The molecule has 13 heteroatoms. The number of hydrogen-bond donors (Lipinski definition) is 1. The van der Waals surface area contributed by atoms with E-state index in [9.17, 15) is 18.4 Å². The molecule has 2 aromatic heterocycles. The van der Waals surface area contributed by atoms with Crippen LogP contribution in [0.25, 0.3) is 5.69 Å². The summed E-state index contributed by atoms with van der Waals surface area (Å²) in [5.41, 5.74) is -1.02. The number of nitrogens with zero attached hydrogens (tertiary/aromatic N) is 5. The molecule has 31 heavy (non-hydrogen) atoms. The predicted octanol–water partition coefficient (Wildman–Crippen LogP) is 2.62. The Morgan fingerprint density at radius 3 is 2.74 bits per heavy atom. The van der Waals surface area contributed by atoms with Gasteiger partial charge in [0, 0.05) is 12.1 Å². The van der Waals surface area contributed by atoms with Crippen LogP contribution in [0.3, 0.4) is 0 Å². The molecule has 0 aliphatic carbocycles. The van der Waals surface area contributed by atoms with Crippen LogP contribution in [0.5, 0.6) is 17.4 Å². The van der Waals surface area contributed by atoms with Gasteiger partial charge in [-0.25, -0.2) is 19.0 Å². The van der Waals surface area contributed by atoms with Crippen LogP contribution in [0.15, 0.2) is 35.3 Å². The Hall–Kier alpha value is -3.54. The normalized spacial score (nSPS) is 11.9. The molecule has 0 aliphatic heterocycles. The molecule has 0 spiro atoms. The number of carboxylic acids is 1. The number of alkyl halides is 1. The molecule has 1 aromatic carbocycles. The Labute approximate surface area is 178 Å². The molecule has 1 atom stereocenters. The van der Waals surface area contributed by atoms with Crippen molar-refractivity contribution in [1.29, 1.82) is 0 Å². The van der Waals surface area contributed by atoms with Gasteiger partial charge in [0.25, 0.3) is 0 Å². The van der Waals surface area contributed by atoms with Crippen LogP contribution in [0.1, 0.15) is 13.3 Å². The lowest BCUT2D eigenvalue weighted by molar-refractivity contribution is -0.144.